The molecule has 0 amide bonds. The van der Waals surface area contributed by atoms with Crippen molar-refractivity contribution in [2.45, 2.75) is 20.5 Å². The summed E-state index contributed by atoms with van der Waals surface area (Å²) < 4.78 is 20.8. The van der Waals surface area contributed by atoms with Crippen molar-refractivity contribution in [1.29, 1.82) is 5.26 Å². The van der Waals surface area contributed by atoms with Crippen LogP contribution in [0.1, 0.15) is 22.5 Å². The molecule has 0 spiro atoms. The minimum atomic E-state index is -0.477. The molecule has 0 aliphatic heterocycles. The molecule has 0 unspecified atom stereocenters. The average molecular weight is 356 g/mol. The van der Waals surface area contributed by atoms with Gasteiger partial charge in [-0.05, 0) is 50.2 Å². The van der Waals surface area contributed by atoms with Gasteiger partial charge in [0, 0.05) is 17.3 Å². The monoisotopic (exact) mass is 355 g/mol. The molecule has 126 valence electrons. The van der Waals surface area contributed by atoms with Crippen molar-refractivity contribution in [3.63, 3.8) is 0 Å². The molecule has 0 atom stereocenters. The van der Waals surface area contributed by atoms with E-state index in [4.69, 9.17) is 21.6 Å². The Morgan fingerprint density at radius 3 is 2.56 bits per heavy atom. The second-order valence-electron chi connectivity index (χ2n) is 5.58. The van der Waals surface area contributed by atoms with E-state index in [0.29, 0.717) is 17.9 Å². The van der Waals surface area contributed by atoms with Crippen LogP contribution in [0.25, 0.3) is 5.69 Å². The van der Waals surface area contributed by atoms with Gasteiger partial charge in [-0.1, -0.05) is 11.6 Å². The van der Waals surface area contributed by atoms with Gasteiger partial charge >= 0.3 is 0 Å². The van der Waals surface area contributed by atoms with E-state index in [1.165, 1.54) is 18.2 Å². The Hall–Kier alpha value is -2.84. The molecule has 2 aromatic carbocycles. The summed E-state index contributed by atoms with van der Waals surface area (Å²) in [6.45, 7) is 4.16. The fourth-order valence-electron chi connectivity index (χ4n) is 2.53. The molecule has 0 saturated heterocycles. The Morgan fingerprint density at radius 1 is 1.20 bits per heavy atom. The lowest BCUT2D eigenvalue weighted by Crippen LogP contribution is -2.01. The highest BCUT2D eigenvalue weighted by Crippen LogP contribution is 2.24. The average Bonchev–Trinajstić information content (AvgIpc) is 2.90. The molecule has 3 rings (SSSR count). The molecule has 0 bridgehead atoms. The molecular weight excluding hydrogens is 341 g/mol. The third-order valence-electron chi connectivity index (χ3n) is 3.96. The van der Waals surface area contributed by atoms with E-state index in [9.17, 15) is 4.39 Å². The number of rotatable bonds is 4. The standard InChI is InChI=1S/C19H15ClFN3O/c1-12-17(11-25-16-7-8-19(21)18(20)9-16)13(2)24(23-12)15-5-3-14(10-22)4-6-15/h3-9H,11H2,1-2H3. The van der Waals surface area contributed by atoms with E-state index in [-0.39, 0.29) is 5.02 Å². The fourth-order valence-corrected chi connectivity index (χ4v) is 2.71. The summed E-state index contributed by atoms with van der Waals surface area (Å²) in [6.07, 6.45) is 0. The largest absolute Gasteiger partial charge is 0.489 e. The zero-order chi connectivity index (χ0) is 18.0. The zero-order valence-electron chi connectivity index (χ0n) is 13.8. The molecule has 0 N–H and O–H groups in total. The number of aromatic nitrogens is 2. The van der Waals surface area contributed by atoms with Crippen LogP contribution < -0.4 is 4.74 Å². The van der Waals surface area contributed by atoms with Crippen LogP contribution in [0.4, 0.5) is 4.39 Å². The molecule has 0 saturated carbocycles. The second-order valence-corrected chi connectivity index (χ2v) is 5.99. The van der Waals surface area contributed by atoms with Crippen molar-refractivity contribution >= 4 is 11.6 Å². The summed E-state index contributed by atoms with van der Waals surface area (Å²) in [7, 11) is 0. The predicted octanol–water partition coefficient (Wildman–Crippen LogP) is 4.73. The van der Waals surface area contributed by atoms with Gasteiger partial charge in [0.25, 0.3) is 0 Å². The minimum absolute atomic E-state index is 0.0271. The maximum Gasteiger partial charge on any atom is 0.142 e. The van der Waals surface area contributed by atoms with E-state index in [2.05, 4.69) is 11.2 Å². The van der Waals surface area contributed by atoms with Gasteiger partial charge in [-0.2, -0.15) is 10.4 Å². The van der Waals surface area contributed by atoms with Gasteiger partial charge in [-0.3, -0.25) is 0 Å². The zero-order valence-corrected chi connectivity index (χ0v) is 14.5. The third kappa shape index (κ3) is 3.49. The highest BCUT2D eigenvalue weighted by Gasteiger charge is 2.14. The van der Waals surface area contributed by atoms with Crippen LogP contribution in [0.3, 0.4) is 0 Å². The minimum Gasteiger partial charge on any atom is -0.489 e. The van der Waals surface area contributed by atoms with Crippen LogP contribution in [0, 0.1) is 31.0 Å². The van der Waals surface area contributed by atoms with E-state index in [1.807, 2.05) is 30.7 Å². The third-order valence-corrected chi connectivity index (χ3v) is 4.25. The number of aryl methyl sites for hydroxylation is 1. The normalized spacial score (nSPS) is 10.5. The molecule has 6 heteroatoms. The van der Waals surface area contributed by atoms with E-state index >= 15 is 0 Å². The highest BCUT2D eigenvalue weighted by atomic mass is 35.5. The Kier molecular flexibility index (Phi) is 4.73. The Balaban J connectivity index is 1.84. The summed E-state index contributed by atoms with van der Waals surface area (Å²) in [5.41, 5.74) is 4.20. The molecule has 0 aliphatic carbocycles. The second kappa shape index (κ2) is 6.96. The SMILES string of the molecule is Cc1nn(-c2ccc(C#N)cc2)c(C)c1COc1ccc(F)c(Cl)c1. The fraction of sp³-hybridized carbons (Fsp3) is 0.158. The Labute approximate surface area is 150 Å². The Bertz CT molecular complexity index is 958. The van der Waals surface area contributed by atoms with Gasteiger partial charge in [-0.25, -0.2) is 9.07 Å². The molecular formula is C19H15ClFN3O. The summed E-state index contributed by atoms with van der Waals surface area (Å²) in [5, 5.41) is 13.5. The lowest BCUT2D eigenvalue weighted by Gasteiger charge is -2.08. The number of nitrogens with zero attached hydrogens (tertiary/aromatic N) is 3. The molecule has 3 aromatic rings. The predicted molar refractivity (Wildman–Crippen MR) is 93.5 cm³/mol. The molecule has 4 nitrogen and oxygen atoms in total. The van der Waals surface area contributed by atoms with Crippen LogP contribution in [0.15, 0.2) is 42.5 Å². The van der Waals surface area contributed by atoms with E-state index < -0.39 is 5.82 Å². The lowest BCUT2D eigenvalue weighted by molar-refractivity contribution is 0.304. The Morgan fingerprint density at radius 2 is 1.92 bits per heavy atom. The van der Waals surface area contributed by atoms with Gasteiger partial charge in [0.1, 0.15) is 18.2 Å². The number of hydrogen-bond acceptors (Lipinski definition) is 3. The van der Waals surface area contributed by atoms with Crippen molar-refractivity contribution in [2.24, 2.45) is 0 Å². The number of ether oxygens (including phenoxy) is 1. The molecule has 1 heterocycles. The van der Waals surface area contributed by atoms with Gasteiger partial charge < -0.3 is 4.74 Å². The van der Waals surface area contributed by atoms with Crippen LogP contribution >= 0.6 is 11.6 Å². The number of benzene rings is 2. The van der Waals surface area contributed by atoms with Crippen molar-refractivity contribution in [3.8, 4) is 17.5 Å². The molecule has 1 aromatic heterocycles. The van der Waals surface area contributed by atoms with Gasteiger partial charge in [0.2, 0.25) is 0 Å². The van der Waals surface area contributed by atoms with Crippen LogP contribution in [0.2, 0.25) is 5.02 Å². The van der Waals surface area contributed by atoms with Crippen LogP contribution in [-0.4, -0.2) is 9.78 Å². The van der Waals surface area contributed by atoms with E-state index in [1.54, 1.807) is 12.1 Å². The summed E-state index contributed by atoms with van der Waals surface area (Å²) in [4.78, 5) is 0. The first-order chi connectivity index (χ1) is 12.0. The molecule has 25 heavy (non-hydrogen) atoms. The first kappa shape index (κ1) is 17.0. The quantitative estimate of drug-likeness (QED) is 0.679. The molecule has 0 aliphatic rings. The van der Waals surface area contributed by atoms with Crippen molar-refractivity contribution in [3.05, 3.63) is 75.8 Å². The molecule has 0 radical (unpaired) electrons. The smallest absolute Gasteiger partial charge is 0.142 e. The van der Waals surface area contributed by atoms with Gasteiger partial charge in [0.15, 0.2) is 0 Å². The lowest BCUT2D eigenvalue weighted by atomic mass is 10.2. The highest BCUT2D eigenvalue weighted by molar-refractivity contribution is 6.30. The van der Waals surface area contributed by atoms with Gasteiger partial charge in [-0.15, -0.1) is 0 Å². The number of hydrogen-bond donors (Lipinski definition) is 0. The maximum absolute atomic E-state index is 13.2. The van der Waals surface area contributed by atoms with E-state index in [0.717, 1.165) is 22.6 Å². The number of halogens is 2. The first-order valence-corrected chi connectivity index (χ1v) is 8.01. The summed E-state index contributed by atoms with van der Waals surface area (Å²) >= 11 is 5.77. The van der Waals surface area contributed by atoms with Crippen LogP contribution in [0.5, 0.6) is 5.75 Å². The number of nitriles is 1. The maximum atomic E-state index is 13.2. The van der Waals surface area contributed by atoms with Crippen LogP contribution in [-0.2, 0) is 6.61 Å². The van der Waals surface area contributed by atoms with Gasteiger partial charge in [0.05, 0.1) is 28.0 Å². The summed E-state index contributed by atoms with van der Waals surface area (Å²) in [5.74, 6) is 0.0198. The van der Waals surface area contributed by atoms with Crippen molar-refractivity contribution in [2.75, 3.05) is 0 Å². The van der Waals surface area contributed by atoms with Crippen molar-refractivity contribution in [1.82, 2.24) is 9.78 Å². The van der Waals surface area contributed by atoms with Crippen molar-refractivity contribution < 1.29 is 9.13 Å². The topological polar surface area (TPSA) is 50.8 Å². The first-order valence-electron chi connectivity index (χ1n) is 7.63. The summed E-state index contributed by atoms with van der Waals surface area (Å²) in [6, 6.07) is 13.6. The molecule has 0 fully saturated rings.